The van der Waals surface area contributed by atoms with Gasteiger partial charge in [-0.2, -0.15) is 0 Å². The highest BCUT2D eigenvalue weighted by atomic mass is 33.2. The van der Waals surface area contributed by atoms with Gasteiger partial charge in [-0.25, -0.2) is 0 Å². The Morgan fingerprint density at radius 2 is 0.592 bits per heavy atom. The predicted molar refractivity (Wildman–Crippen MR) is 364 cm³/mol. The van der Waals surface area contributed by atoms with Gasteiger partial charge >= 0.3 is 10.2 Å². The topological polar surface area (TPSA) is 47.6 Å². The zero-order chi connectivity index (χ0) is 55.1. The van der Waals surface area contributed by atoms with Gasteiger partial charge in [0.1, 0.15) is 62.3 Å². The minimum Gasteiger partial charge on any atom is -0.363 e. The molecular weight excluding hydrogens is 1090 g/mol. The van der Waals surface area contributed by atoms with E-state index in [4.69, 9.17) is 33.1 Å². The Bertz CT molecular complexity index is 1110. The highest BCUT2D eigenvalue weighted by Gasteiger charge is 2.26. The van der Waals surface area contributed by atoms with Crippen LogP contribution in [0.3, 0.4) is 0 Å². The largest absolute Gasteiger partial charge is 0.363 e. The summed E-state index contributed by atoms with van der Waals surface area (Å²) in [4.78, 5) is 13.0. The molecule has 0 aliphatic rings. The Labute approximate surface area is 504 Å². The number of hydrogen-bond donors (Lipinski definition) is 1. The molecule has 0 fully saturated rings. The van der Waals surface area contributed by atoms with Crippen LogP contribution >= 0.6 is 55.7 Å². The summed E-state index contributed by atoms with van der Waals surface area (Å²) in [6.45, 7) is 10.9. The summed E-state index contributed by atoms with van der Waals surface area (Å²) in [5.74, 6) is 1.47. The standard InChI is InChI=1S/C64H128NO3P2S6/c1-5-9-13-17-21-25-29-33-37-41-45-49-53-58-67-63(55-51-47-43-39-35-31-27-23-19-15-11-7-3)75-69(71)73-60-57-62(66)65-61-74-70(72)76-64(56-52-48-44-40-36-32-28-24-20-16-12-8-4)68-59-54-50-46-42-38-34-30-26-22-18-14-10-6-2/h63-64H,5-61H2,1-4H3/q+1/p+1. The van der Waals surface area contributed by atoms with Crippen molar-refractivity contribution >= 4 is 85.2 Å². The van der Waals surface area contributed by atoms with Crippen molar-refractivity contribution in [3.8, 4) is 0 Å². The Morgan fingerprint density at radius 3 is 0.868 bits per heavy atom. The Balaban J connectivity index is 4.69. The van der Waals surface area contributed by atoms with Crippen molar-refractivity contribution in [1.29, 1.82) is 0 Å². The SMILES string of the molecule is CCCCCCCCCCCCCCCOC(CCCCCCCCCCCCCC)S[P+](=S)SCCC(=O)NCS[P+](=S)SC(CCCCCCCCCCCCCC)OCCCCCCCCCCCCCCC. The van der Waals surface area contributed by atoms with Crippen molar-refractivity contribution in [1.82, 2.24) is 5.32 Å². The van der Waals surface area contributed by atoms with Gasteiger partial charge in [0.2, 0.25) is 5.91 Å². The molecule has 0 rings (SSSR count). The summed E-state index contributed by atoms with van der Waals surface area (Å²) in [5, 5.41) is 1.70. The lowest BCUT2D eigenvalue weighted by atomic mass is 10.0. The van der Waals surface area contributed by atoms with E-state index in [1.54, 1.807) is 22.8 Å². The van der Waals surface area contributed by atoms with E-state index in [9.17, 15) is 4.79 Å². The van der Waals surface area contributed by atoms with Crippen molar-refractivity contribution in [3.63, 3.8) is 0 Å². The zero-order valence-corrected chi connectivity index (χ0v) is 57.7. The maximum Gasteiger partial charge on any atom is 0.321 e. The minimum absolute atomic E-state index is 0.116. The highest BCUT2D eigenvalue weighted by molar-refractivity contribution is 8.94. The number of carbonyl (C=O) groups excluding carboxylic acids is 1. The van der Waals surface area contributed by atoms with E-state index in [1.807, 2.05) is 22.8 Å². The van der Waals surface area contributed by atoms with Crippen LogP contribution in [-0.4, -0.2) is 41.6 Å². The normalized spacial score (nSPS) is 12.9. The van der Waals surface area contributed by atoms with Crippen LogP contribution in [0.4, 0.5) is 0 Å². The quantitative estimate of drug-likeness (QED) is 0.0365. The first-order valence-corrected chi connectivity index (χ1v) is 44.4. The molecule has 0 aliphatic heterocycles. The molecule has 0 saturated carbocycles. The molecule has 0 saturated heterocycles. The summed E-state index contributed by atoms with van der Waals surface area (Å²) in [6, 6.07) is 0. The molecule has 0 spiro atoms. The summed E-state index contributed by atoms with van der Waals surface area (Å²) in [6.07, 6.45) is 71.2. The maximum absolute atomic E-state index is 13.0. The van der Waals surface area contributed by atoms with Crippen LogP contribution in [0.5, 0.6) is 0 Å². The number of ether oxygens (including phenoxy) is 2. The number of hydrogen-bond acceptors (Lipinski definition) is 9. The lowest BCUT2D eigenvalue weighted by Crippen LogP contribution is -2.22. The molecule has 0 bridgehead atoms. The van der Waals surface area contributed by atoms with E-state index in [1.165, 1.54) is 308 Å². The van der Waals surface area contributed by atoms with Crippen LogP contribution in [0.25, 0.3) is 0 Å². The minimum atomic E-state index is -0.756. The average Bonchev–Trinajstić information content (AvgIpc) is 3.41. The van der Waals surface area contributed by atoms with Gasteiger partial charge in [0, 0.05) is 25.4 Å². The lowest BCUT2D eigenvalue weighted by Gasteiger charge is -2.13. The molecule has 12 heteroatoms. The average molecular weight is 1220 g/mol. The van der Waals surface area contributed by atoms with Crippen molar-refractivity contribution in [2.24, 2.45) is 0 Å². The Morgan fingerprint density at radius 1 is 0.355 bits per heavy atom. The van der Waals surface area contributed by atoms with Crippen molar-refractivity contribution in [2.45, 2.75) is 379 Å². The van der Waals surface area contributed by atoms with Crippen molar-refractivity contribution in [2.75, 3.05) is 24.8 Å². The summed E-state index contributed by atoms with van der Waals surface area (Å²) >= 11 is 19.3. The molecule has 1 amide bonds. The first-order chi connectivity index (χ1) is 37.5. The molecule has 4 nitrogen and oxygen atoms in total. The van der Waals surface area contributed by atoms with Crippen LogP contribution < -0.4 is 5.32 Å². The maximum atomic E-state index is 13.0. The second kappa shape index (κ2) is 67.6. The zero-order valence-electron chi connectivity index (χ0n) is 51.0. The van der Waals surface area contributed by atoms with E-state index in [-0.39, 0.29) is 16.8 Å². The van der Waals surface area contributed by atoms with Gasteiger partial charge in [0.05, 0.1) is 0 Å². The monoisotopic (exact) mass is 1210 g/mol. The number of unbranched alkanes of at least 4 members (excludes halogenated alkanes) is 46. The van der Waals surface area contributed by atoms with Gasteiger partial charge in [-0.15, -0.1) is 0 Å². The molecule has 4 atom stereocenters. The number of nitrogens with one attached hydrogen (secondary N) is 1. The predicted octanol–water partition coefficient (Wildman–Crippen LogP) is 26.0. The molecule has 76 heavy (non-hydrogen) atoms. The molecule has 0 aromatic carbocycles. The molecule has 0 aromatic rings. The molecule has 0 aromatic heterocycles. The molecule has 0 aliphatic carbocycles. The fourth-order valence-corrected chi connectivity index (χ4v) is 22.7. The van der Waals surface area contributed by atoms with Gasteiger partial charge in [0.15, 0.2) is 23.6 Å². The van der Waals surface area contributed by atoms with Crippen molar-refractivity contribution < 1.29 is 14.3 Å². The van der Waals surface area contributed by atoms with Gasteiger partial charge in [-0.3, -0.25) is 4.79 Å². The molecule has 1 N–H and O–H groups in total. The number of amides is 1. The summed E-state index contributed by atoms with van der Waals surface area (Å²) < 4.78 is 13.1. The molecular formula is C64H129NO3P2S6+2. The van der Waals surface area contributed by atoms with Crippen LogP contribution in [0, 0.1) is 0 Å². The third kappa shape index (κ3) is 63.4. The van der Waals surface area contributed by atoms with Gasteiger partial charge in [-0.1, -0.05) is 323 Å². The van der Waals surface area contributed by atoms with E-state index >= 15 is 0 Å². The van der Waals surface area contributed by atoms with E-state index in [2.05, 4.69) is 33.0 Å². The van der Waals surface area contributed by atoms with Crippen LogP contribution in [-0.2, 0) is 37.9 Å². The third-order valence-corrected chi connectivity index (χ3v) is 29.2. The van der Waals surface area contributed by atoms with E-state index in [0.29, 0.717) is 12.3 Å². The lowest BCUT2D eigenvalue weighted by molar-refractivity contribution is -0.120. The smallest absolute Gasteiger partial charge is 0.321 e. The summed E-state index contributed by atoms with van der Waals surface area (Å²) in [5.41, 5.74) is 0.363. The second-order valence-electron chi connectivity index (χ2n) is 22.6. The molecule has 0 radical (unpaired) electrons. The Kier molecular flexibility index (Phi) is 69.2. The third-order valence-electron chi connectivity index (χ3n) is 15.1. The van der Waals surface area contributed by atoms with Crippen LogP contribution in [0.1, 0.15) is 368 Å². The van der Waals surface area contributed by atoms with Crippen LogP contribution in [0.15, 0.2) is 0 Å². The molecule has 4 unspecified atom stereocenters. The fraction of sp³-hybridized carbons (Fsp3) is 0.984. The molecule has 452 valence electrons. The first-order valence-electron chi connectivity index (χ1n) is 33.5. The first kappa shape index (κ1) is 77.8. The second-order valence-corrected chi connectivity index (χ2v) is 39.7. The number of carbonyl (C=O) groups is 1. The van der Waals surface area contributed by atoms with Gasteiger partial charge < -0.3 is 14.8 Å². The Hall–Kier alpha value is 1.83. The van der Waals surface area contributed by atoms with Crippen LogP contribution in [0.2, 0.25) is 0 Å². The van der Waals surface area contributed by atoms with E-state index in [0.717, 1.165) is 44.6 Å². The van der Waals surface area contributed by atoms with E-state index < -0.39 is 10.2 Å². The van der Waals surface area contributed by atoms with Gasteiger partial charge in [0.25, 0.3) is 0 Å². The fourth-order valence-electron chi connectivity index (χ4n) is 10.0. The number of rotatable bonds is 67. The van der Waals surface area contributed by atoms with Gasteiger partial charge in [-0.05, 0) is 38.5 Å². The van der Waals surface area contributed by atoms with Crippen molar-refractivity contribution in [3.05, 3.63) is 0 Å². The molecule has 0 heterocycles. The summed E-state index contributed by atoms with van der Waals surface area (Å²) in [7, 11) is 0. The highest BCUT2D eigenvalue weighted by Crippen LogP contribution is 2.54.